The van der Waals surface area contributed by atoms with Crippen molar-refractivity contribution in [3.05, 3.63) is 41.5 Å². The molecule has 0 aliphatic carbocycles. The maximum absolute atomic E-state index is 11.9. The minimum Gasteiger partial charge on any atom is -0.361 e. The summed E-state index contributed by atoms with van der Waals surface area (Å²) in [7, 11) is 0. The van der Waals surface area contributed by atoms with Gasteiger partial charge in [-0.15, -0.1) is 0 Å². The molecule has 2 aromatic rings. The number of nitrogens with one attached hydrogen (secondary N) is 2. The van der Waals surface area contributed by atoms with Crippen LogP contribution in [0.1, 0.15) is 21.8 Å². The highest BCUT2D eigenvalue weighted by Crippen LogP contribution is 2.11. The van der Waals surface area contributed by atoms with Gasteiger partial charge in [-0.3, -0.25) is 15.6 Å². The zero-order valence-corrected chi connectivity index (χ0v) is 9.80. The lowest BCUT2D eigenvalue weighted by atomic mass is 10.2. The van der Waals surface area contributed by atoms with E-state index in [1.165, 1.54) is 12.4 Å². The lowest BCUT2D eigenvalue weighted by Gasteiger charge is -2.07. The van der Waals surface area contributed by atoms with E-state index in [0.29, 0.717) is 29.2 Å². The Balaban J connectivity index is 2.03. The third kappa shape index (κ3) is 2.64. The lowest BCUT2D eigenvalue weighted by Crippen LogP contribution is -2.25. The topological polar surface area (TPSA) is 106 Å². The first kappa shape index (κ1) is 12.1. The van der Waals surface area contributed by atoms with Crippen molar-refractivity contribution in [3.63, 3.8) is 0 Å². The number of carbonyl (C=O) groups excluding carboxylic acids is 1. The van der Waals surface area contributed by atoms with Crippen molar-refractivity contribution in [1.82, 2.24) is 15.5 Å². The molecule has 2 aromatic heterocycles. The van der Waals surface area contributed by atoms with E-state index in [0.717, 1.165) is 0 Å². The summed E-state index contributed by atoms with van der Waals surface area (Å²) < 4.78 is 4.90. The number of nitrogens with zero attached hydrogens (tertiary/aromatic N) is 2. The highest BCUT2D eigenvalue weighted by Gasteiger charge is 2.11. The molecule has 0 saturated heterocycles. The normalized spacial score (nSPS) is 10.1. The van der Waals surface area contributed by atoms with Crippen molar-refractivity contribution in [2.45, 2.75) is 13.5 Å². The molecule has 2 rings (SSSR count). The Hall–Kier alpha value is -2.41. The SMILES string of the molecule is Cc1cc(CNC(=O)c2ccncc2NN)no1. The van der Waals surface area contributed by atoms with Crippen LogP contribution in [0.2, 0.25) is 0 Å². The van der Waals surface area contributed by atoms with Crippen molar-refractivity contribution in [2.24, 2.45) is 5.84 Å². The lowest BCUT2D eigenvalue weighted by molar-refractivity contribution is 0.0951. The van der Waals surface area contributed by atoms with Gasteiger partial charge < -0.3 is 15.3 Å². The van der Waals surface area contributed by atoms with Gasteiger partial charge in [0.2, 0.25) is 0 Å². The summed E-state index contributed by atoms with van der Waals surface area (Å²) in [5, 5.41) is 6.50. The third-order valence-electron chi connectivity index (χ3n) is 2.33. The van der Waals surface area contributed by atoms with Crippen LogP contribution in [-0.4, -0.2) is 16.0 Å². The van der Waals surface area contributed by atoms with Gasteiger partial charge in [0, 0.05) is 12.3 Å². The monoisotopic (exact) mass is 247 g/mol. The van der Waals surface area contributed by atoms with Crippen LogP contribution in [0.5, 0.6) is 0 Å². The second-order valence-corrected chi connectivity index (χ2v) is 3.68. The van der Waals surface area contributed by atoms with Crippen molar-refractivity contribution in [2.75, 3.05) is 5.43 Å². The predicted octanol–water partition coefficient (Wildman–Crippen LogP) is 0.594. The maximum Gasteiger partial charge on any atom is 0.253 e. The molecular weight excluding hydrogens is 234 g/mol. The minimum absolute atomic E-state index is 0.258. The molecule has 0 unspecified atom stereocenters. The number of hydrogen-bond donors (Lipinski definition) is 3. The zero-order valence-electron chi connectivity index (χ0n) is 9.80. The van der Waals surface area contributed by atoms with E-state index in [1.807, 2.05) is 0 Å². The Bertz CT molecular complexity index is 552. The Morgan fingerprint density at radius 2 is 2.39 bits per heavy atom. The number of hydrazine groups is 1. The molecule has 0 aliphatic rings. The van der Waals surface area contributed by atoms with Crippen molar-refractivity contribution < 1.29 is 9.32 Å². The third-order valence-corrected chi connectivity index (χ3v) is 2.33. The van der Waals surface area contributed by atoms with E-state index in [9.17, 15) is 4.79 Å². The molecule has 7 heteroatoms. The fourth-order valence-corrected chi connectivity index (χ4v) is 1.47. The van der Waals surface area contributed by atoms with Crippen LogP contribution in [-0.2, 0) is 6.54 Å². The van der Waals surface area contributed by atoms with Gasteiger partial charge in [-0.25, -0.2) is 0 Å². The van der Waals surface area contributed by atoms with Crippen LogP contribution in [0, 0.1) is 6.92 Å². The van der Waals surface area contributed by atoms with E-state index in [4.69, 9.17) is 10.4 Å². The number of pyridine rings is 1. The Kier molecular flexibility index (Phi) is 3.54. The Morgan fingerprint density at radius 1 is 1.56 bits per heavy atom. The number of carbonyl (C=O) groups is 1. The molecule has 0 aromatic carbocycles. The first-order chi connectivity index (χ1) is 8.70. The molecule has 4 N–H and O–H groups in total. The number of amides is 1. The Labute approximate surface area is 103 Å². The smallest absolute Gasteiger partial charge is 0.253 e. The van der Waals surface area contributed by atoms with E-state index < -0.39 is 0 Å². The number of aryl methyl sites for hydroxylation is 1. The number of nitrogen functional groups attached to an aromatic ring is 1. The maximum atomic E-state index is 11.9. The molecule has 2 heterocycles. The summed E-state index contributed by atoms with van der Waals surface area (Å²) in [5.74, 6) is 5.74. The molecule has 0 fully saturated rings. The number of anilines is 1. The molecule has 0 radical (unpaired) electrons. The van der Waals surface area contributed by atoms with Gasteiger partial charge in [-0.1, -0.05) is 5.16 Å². The predicted molar refractivity (Wildman–Crippen MR) is 64.5 cm³/mol. The van der Waals surface area contributed by atoms with Gasteiger partial charge in [-0.2, -0.15) is 0 Å². The summed E-state index contributed by atoms with van der Waals surface area (Å²) in [6.07, 6.45) is 3.01. The first-order valence-electron chi connectivity index (χ1n) is 5.31. The van der Waals surface area contributed by atoms with Gasteiger partial charge in [0.1, 0.15) is 11.5 Å². The average molecular weight is 247 g/mol. The van der Waals surface area contributed by atoms with Crippen molar-refractivity contribution >= 4 is 11.6 Å². The zero-order chi connectivity index (χ0) is 13.0. The van der Waals surface area contributed by atoms with Crippen LogP contribution in [0.15, 0.2) is 29.0 Å². The second kappa shape index (κ2) is 5.28. The molecule has 0 bridgehead atoms. The van der Waals surface area contributed by atoms with Gasteiger partial charge in [0.15, 0.2) is 0 Å². The van der Waals surface area contributed by atoms with Gasteiger partial charge in [0.05, 0.1) is 24.0 Å². The fourth-order valence-electron chi connectivity index (χ4n) is 1.47. The summed E-state index contributed by atoms with van der Waals surface area (Å²) >= 11 is 0. The molecular formula is C11H13N5O2. The van der Waals surface area contributed by atoms with E-state index in [2.05, 4.69) is 20.9 Å². The van der Waals surface area contributed by atoms with Crippen molar-refractivity contribution in [1.29, 1.82) is 0 Å². The molecule has 0 aliphatic heterocycles. The quantitative estimate of drug-likeness (QED) is 0.539. The summed E-state index contributed by atoms with van der Waals surface area (Å²) in [4.78, 5) is 15.8. The van der Waals surface area contributed by atoms with Gasteiger partial charge in [-0.05, 0) is 13.0 Å². The highest BCUT2D eigenvalue weighted by molar-refractivity contribution is 5.99. The Morgan fingerprint density at radius 3 is 3.06 bits per heavy atom. The fraction of sp³-hybridized carbons (Fsp3) is 0.182. The van der Waals surface area contributed by atoms with Crippen molar-refractivity contribution in [3.8, 4) is 0 Å². The molecule has 0 atom stereocenters. The number of rotatable bonds is 4. The van der Waals surface area contributed by atoms with E-state index in [1.54, 1.807) is 19.1 Å². The average Bonchev–Trinajstić information content (AvgIpc) is 2.81. The number of nitrogens with two attached hydrogens (primary N) is 1. The number of aromatic nitrogens is 2. The summed E-state index contributed by atoms with van der Waals surface area (Å²) in [6, 6.07) is 3.34. The molecule has 18 heavy (non-hydrogen) atoms. The first-order valence-corrected chi connectivity index (χ1v) is 5.31. The van der Waals surface area contributed by atoms with Crippen LogP contribution >= 0.6 is 0 Å². The van der Waals surface area contributed by atoms with E-state index >= 15 is 0 Å². The van der Waals surface area contributed by atoms with Gasteiger partial charge in [0.25, 0.3) is 5.91 Å². The largest absolute Gasteiger partial charge is 0.361 e. The highest BCUT2D eigenvalue weighted by atomic mass is 16.5. The van der Waals surface area contributed by atoms with Crippen LogP contribution in [0.3, 0.4) is 0 Å². The summed E-state index contributed by atoms with van der Waals surface area (Å²) in [5.41, 5.74) is 3.97. The molecule has 7 nitrogen and oxygen atoms in total. The molecule has 0 spiro atoms. The minimum atomic E-state index is -0.258. The second-order valence-electron chi connectivity index (χ2n) is 3.68. The van der Waals surface area contributed by atoms with Gasteiger partial charge >= 0.3 is 0 Å². The van der Waals surface area contributed by atoms with E-state index in [-0.39, 0.29) is 5.91 Å². The van der Waals surface area contributed by atoms with Crippen LogP contribution < -0.4 is 16.6 Å². The summed E-state index contributed by atoms with van der Waals surface area (Å²) in [6.45, 7) is 2.08. The molecule has 94 valence electrons. The molecule has 1 amide bonds. The molecule has 0 saturated carbocycles. The van der Waals surface area contributed by atoms with Crippen LogP contribution in [0.4, 0.5) is 5.69 Å². The van der Waals surface area contributed by atoms with Crippen LogP contribution in [0.25, 0.3) is 0 Å². The standard InChI is InChI=1S/C11H13N5O2/c1-7-4-8(16-18-7)5-14-11(17)9-2-3-13-6-10(9)15-12/h2-4,6,15H,5,12H2,1H3,(H,14,17). The number of hydrogen-bond acceptors (Lipinski definition) is 6.